The van der Waals surface area contributed by atoms with Gasteiger partial charge in [-0.2, -0.15) is 0 Å². The van der Waals surface area contributed by atoms with Gasteiger partial charge >= 0.3 is 0 Å². The zero-order chi connectivity index (χ0) is 9.26. The summed E-state index contributed by atoms with van der Waals surface area (Å²) in [5, 5.41) is 0.840. The molecule has 2 N–H and O–H groups in total. The van der Waals surface area contributed by atoms with E-state index in [-0.39, 0.29) is 0 Å². The summed E-state index contributed by atoms with van der Waals surface area (Å²) in [6.45, 7) is 0. The highest BCUT2D eigenvalue weighted by atomic mass is 35.5. The van der Waals surface area contributed by atoms with Gasteiger partial charge < -0.3 is 5.73 Å². The first kappa shape index (κ1) is 8.89. The van der Waals surface area contributed by atoms with E-state index in [2.05, 4.69) is 6.07 Å². The van der Waals surface area contributed by atoms with E-state index in [0.717, 1.165) is 10.7 Å². The van der Waals surface area contributed by atoms with Gasteiger partial charge in [0.05, 0.1) is 0 Å². The van der Waals surface area contributed by atoms with Crippen LogP contribution in [0.3, 0.4) is 0 Å². The van der Waals surface area contributed by atoms with E-state index >= 15 is 0 Å². The molecule has 1 fully saturated rings. The molecular weight excluding hydrogens is 182 g/mol. The van der Waals surface area contributed by atoms with Crippen molar-refractivity contribution in [1.82, 2.24) is 0 Å². The molecule has 1 aromatic rings. The standard InChI is InChI=1S/C11H14ClN/c12-11-7-9(13)5-6-10(11)8-3-1-2-4-8/h5-8H,1-4,13H2. The molecule has 2 heteroatoms. The first-order valence-corrected chi connectivity index (χ1v) is 5.20. The van der Waals surface area contributed by atoms with Crippen molar-refractivity contribution in [2.75, 3.05) is 5.73 Å². The third-order valence-corrected chi connectivity index (χ3v) is 3.15. The molecule has 0 spiro atoms. The number of benzene rings is 1. The highest BCUT2D eigenvalue weighted by molar-refractivity contribution is 6.31. The average Bonchev–Trinajstić information content (AvgIpc) is 2.56. The number of anilines is 1. The van der Waals surface area contributed by atoms with Crippen molar-refractivity contribution in [2.45, 2.75) is 31.6 Å². The molecule has 0 saturated heterocycles. The van der Waals surface area contributed by atoms with Crippen molar-refractivity contribution >= 4 is 17.3 Å². The van der Waals surface area contributed by atoms with E-state index in [9.17, 15) is 0 Å². The Hall–Kier alpha value is -0.690. The molecule has 2 rings (SSSR count). The van der Waals surface area contributed by atoms with Crippen molar-refractivity contribution in [1.29, 1.82) is 0 Å². The SMILES string of the molecule is Nc1ccc(C2CCCC2)c(Cl)c1. The summed E-state index contributed by atoms with van der Waals surface area (Å²) in [5.74, 6) is 0.674. The van der Waals surface area contributed by atoms with Gasteiger partial charge in [-0.05, 0) is 36.5 Å². The summed E-state index contributed by atoms with van der Waals surface area (Å²) in [4.78, 5) is 0. The van der Waals surface area contributed by atoms with Gasteiger partial charge in [-0.3, -0.25) is 0 Å². The monoisotopic (exact) mass is 195 g/mol. The van der Waals surface area contributed by atoms with E-state index in [4.69, 9.17) is 17.3 Å². The summed E-state index contributed by atoms with van der Waals surface area (Å²) >= 11 is 6.13. The summed E-state index contributed by atoms with van der Waals surface area (Å²) in [5.41, 5.74) is 7.68. The molecule has 1 saturated carbocycles. The molecule has 0 aromatic heterocycles. The van der Waals surface area contributed by atoms with Crippen molar-refractivity contribution in [3.05, 3.63) is 28.8 Å². The van der Waals surface area contributed by atoms with Gasteiger partial charge in [0.2, 0.25) is 0 Å². The topological polar surface area (TPSA) is 26.0 Å². The third kappa shape index (κ3) is 1.80. The van der Waals surface area contributed by atoms with Gasteiger partial charge in [0.1, 0.15) is 0 Å². The predicted molar refractivity (Wildman–Crippen MR) is 57.1 cm³/mol. The molecule has 1 aliphatic carbocycles. The van der Waals surface area contributed by atoms with Gasteiger partial charge in [0.25, 0.3) is 0 Å². The Bertz CT molecular complexity index is 303. The summed E-state index contributed by atoms with van der Waals surface area (Å²) in [7, 11) is 0. The predicted octanol–water partition coefficient (Wildman–Crippen LogP) is 3.58. The Balaban J connectivity index is 2.29. The van der Waals surface area contributed by atoms with Crippen LogP contribution in [0.25, 0.3) is 0 Å². The lowest BCUT2D eigenvalue weighted by Crippen LogP contribution is -1.94. The molecule has 0 bridgehead atoms. The van der Waals surface area contributed by atoms with E-state index in [1.807, 2.05) is 12.1 Å². The number of nitrogens with two attached hydrogens (primary N) is 1. The second-order valence-electron chi connectivity index (χ2n) is 3.76. The summed E-state index contributed by atoms with van der Waals surface area (Å²) in [6.07, 6.45) is 5.24. The third-order valence-electron chi connectivity index (χ3n) is 2.82. The first-order valence-electron chi connectivity index (χ1n) is 4.82. The van der Waals surface area contributed by atoms with Crippen molar-refractivity contribution in [2.24, 2.45) is 0 Å². The van der Waals surface area contributed by atoms with Crippen LogP contribution in [0.1, 0.15) is 37.2 Å². The largest absolute Gasteiger partial charge is 0.399 e. The molecule has 0 aliphatic heterocycles. The minimum Gasteiger partial charge on any atom is -0.399 e. The van der Waals surface area contributed by atoms with Crippen LogP contribution in [-0.2, 0) is 0 Å². The van der Waals surface area contributed by atoms with Crippen LogP contribution >= 0.6 is 11.6 Å². The Morgan fingerprint density at radius 2 is 1.92 bits per heavy atom. The molecule has 1 aliphatic rings. The second-order valence-corrected chi connectivity index (χ2v) is 4.17. The smallest absolute Gasteiger partial charge is 0.0461 e. The van der Waals surface area contributed by atoms with Crippen molar-refractivity contribution in [3.63, 3.8) is 0 Å². The molecule has 0 heterocycles. The molecule has 1 nitrogen and oxygen atoms in total. The van der Waals surface area contributed by atoms with Crippen LogP contribution in [0.4, 0.5) is 5.69 Å². The maximum absolute atomic E-state index is 6.13. The van der Waals surface area contributed by atoms with Crippen LogP contribution in [-0.4, -0.2) is 0 Å². The average molecular weight is 196 g/mol. The highest BCUT2D eigenvalue weighted by Gasteiger charge is 2.18. The van der Waals surface area contributed by atoms with Crippen LogP contribution in [0.2, 0.25) is 5.02 Å². The van der Waals surface area contributed by atoms with Crippen LogP contribution in [0, 0.1) is 0 Å². The minimum absolute atomic E-state index is 0.674. The van der Waals surface area contributed by atoms with Gasteiger partial charge in [0, 0.05) is 10.7 Å². The molecular formula is C11H14ClN. The van der Waals surface area contributed by atoms with E-state index in [1.165, 1.54) is 31.2 Å². The minimum atomic E-state index is 0.674. The maximum Gasteiger partial charge on any atom is 0.0461 e. The summed E-state index contributed by atoms with van der Waals surface area (Å²) < 4.78 is 0. The Labute approximate surface area is 83.9 Å². The fourth-order valence-corrected chi connectivity index (χ4v) is 2.45. The zero-order valence-electron chi connectivity index (χ0n) is 7.59. The zero-order valence-corrected chi connectivity index (χ0v) is 8.35. The van der Waals surface area contributed by atoms with Crippen LogP contribution in [0.5, 0.6) is 0 Å². The quantitative estimate of drug-likeness (QED) is 0.682. The lowest BCUT2D eigenvalue weighted by Gasteiger charge is -2.11. The number of rotatable bonds is 1. The number of hydrogen-bond acceptors (Lipinski definition) is 1. The van der Waals surface area contributed by atoms with Crippen molar-refractivity contribution in [3.8, 4) is 0 Å². The molecule has 0 amide bonds. The van der Waals surface area contributed by atoms with Gasteiger partial charge in [-0.15, -0.1) is 0 Å². The molecule has 70 valence electrons. The second kappa shape index (κ2) is 3.59. The molecule has 13 heavy (non-hydrogen) atoms. The van der Waals surface area contributed by atoms with E-state index in [0.29, 0.717) is 5.92 Å². The van der Waals surface area contributed by atoms with Crippen LogP contribution in [0.15, 0.2) is 18.2 Å². The lowest BCUT2D eigenvalue weighted by molar-refractivity contribution is 0.724. The van der Waals surface area contributed by atoms with E-state index in [1.54, 1.807) is 0 Å². The van der Waals surface area contributed by atoms with Gasteiger partial charge in [0.15, 0.2) is 0 Å². The fraction of sp³-hybridized carbons (Fsp3) is 0.455. The van der Waals surface area contributed by atoms with Crippen molar-refractivity contribution < 1.29 is 0 Å². The number of hydrogen-bond donors (Lipinski definition) is 1. The van der Waals surface area contributed by atoms with Crippen LogP contribution < -0.4 is 5.73 Å². The molecule has 0 unspecified atom stereocenters. The lowest BCUT2D eigenvalue weighted by atomic mass is 9.97. The Morgan fingerprint density at radius 1 is 1.23 bits per heavy atom. The molecule has 0 radical (unpaired) electrons. The first-order chi connectivity index (χ1) is 6.27. The summed E-state index contributed by atoms with van der Waals surface area (Å²) in [6, 6.07) is 5.88. The molecule has 0 atom stereocenters. The Morgan fingerprint density at radius 3 is 2.54 bits per heavy atom. The van der Waals surface area contributed by atoms with E-state index < -0.39 is 0 Å². The van der Waals surface area contributed by atoms with Gasteiger partial charge in [-0.25, -0.2) is 0 Å². The maximum atomic E-state index is 6.13. The highest BCUT2D eigenvalue weighted by Crippen LogP contribution is 2.37. The normalized spacial score (nSPS) is 17.9. The number of halogens is 1. The molecule has 1 aromatic carbocycles. The fourth-order valence-electron chi connectivity index (χ4n) is 2.11. The number of nitrogen functional groups attached to an aromatic ring is 1. The van der Waals surface area contributed by atoms with Gasteiger partial charge in [-0.1, -0.05) is 30.5 Å². The Kier molecular flexibility index (Phi) is 2.45.